The summed E-state index contributed by atoms with van der Waals surface area (Å²) in [6.45, 7) is 11.8. The third kappa shape index (κ3) is 9.05. The largest absolute Gasteiger partial charge is 0.395 e. The van der Waals surface area contributed by atoms with Gasteiger partial charge in [-0.3, -0.25) is 0 Å². The first-order valence-corrected chi connectivity index (χ1v) is 9.84. The molecular formula is C13H32N2O2Si. The highest BCUT2D eigenvalue weighted by molar-refractivity contribution is 6.66. The summed E-state index contributed by atoms with van der Waals surface area (Å²) >= 11 is 0. The summed E-state index contributed by atoms with van der Waals surface area (Å²) in [5.74, 6) is 0. The van der Waals surface area contributed by atoms with Crippen molar-refractivity contribution in [2.45, 2.75) is 58.7 Å². The summed E-state index contributed by atoms with van der Waals surface area (Å²) in [6, 6.07) is 1.34. The SMILES string of the molecule is CCCC(N)CNCCC[Si](C)(OCC)OCC. The number of rotatable bonds is 12. The van der Waals surface area contributed by atoms with Crippen LogP contribution in [0.15, 0.2) is 0 Å². The molecule has 4 nitrogen and oxygen atoms in total. The van der Waals surface area contributed by atoms with E-state index < -0.39 is 8.56 Å². The van der Waals surface area contributed by atoms with Crippen LogP contribution in [0, 0.1) is 0 Å². The number of nitrogens with one attached hydrogen (secondary N) is 1. The molecule has 0 radical (unpaired) electrons. The molecule has 3 N–H and O–H groups in total. The summed E-state index contributed by atoms with van der Waals surface area (Å²) in [6.07, 6.45) is 3.35. The second-order valence-corrected chi connectivity index (χ2v) is 8.20. The second-order valence-electron chi connectivity index (χ2n) is 4.86. The van der Waals surface area contributed by atoms with E-state index in [9.17, 15) is 0 Å². The minimum atomic E-state index is -1.91. The molecule has 0 aromatic heterocycles. The lowest BCUT2D eigenvalue weighted by Crippen LogP contribution is -2.40. The molecule has 0 spiro atoms. The van der Waals surface area contributed by atoms with Gasteiger partial charge in [0.05, 0.1) is 0 Å². The van der Waals surface area contributed by atoms with Crippen molar-refractivity contribution >= 4 is 8.56 Å². The molecule has 0 aliphatic carbocycles. The van der Waals surface area contributed by atoms with Gasteiger partial charge in [0, 0.05) is 25.8 Å². The Morgan fingerprint density at radius 2 is 1.78 bits per heavy atom. The van der Waals surface area contributed by atoms with Gasteiger partial charge < -0.3 is 19.9 Å². The molecule has 0 amide bonds. The quantitative estimate of drug-likeness (QED) is 0.424. The zero-order chi connectivity index (χ0) is 13.9. The monoisotopic (exact) mass is 276 g/mol. The highest BCUT2D eigenvalue weighted by Crippen LogP contribution is 2.15. The fourth-order valence-electron chi connectivity index (χ4n) is 2.09. The first-order valence-electron chi connectivity index (χ1n) is 7.32. The maximum absolute atomic E-state index is 5.94. The van der Waals surface area contributed by atoms with E-state index in [0.29, 0.717) is 0 Å². The zero-order valence-corrected chi connectivity index (χ0v) is 13.6. The number of nitrogens with two attached hydrogens (primary N) is 1. The summed E-state index contributed by atoms with van der Waals surface area (Å²) in [5, 5.41) is 3.41. The molecular weight excluding hydrogens is 244 g/mol. The molecule has 0 saturated carbocycles. The van der Waals surface area contributed by atoms with Crippen LogP contribution in [0.3, 0.4) is 0 Å². The highest BCUT2D eigenvalue weighted by Gasteiger charge is 2.29. The fraction of sp³-hybridized carbons (Fsp3) is 1.00. The van der Waals surface area contributed by atoms with Crippen LogP contribution >= 0.6 is 0 Å². The Kier molecular flexibility index (Phi) is 11.0. The van der Waals surface area contributed by atoms with Gasteiger partial charge in [0.25, 0.3) is 0 Å². The smallest absolute Gasteiger partial charge is 0.334 e. The van der Waals surface area contributed by atoms with Crippen molar-refractivity contribution in [3.63, 3.8) is 0 Å². The van der Waals surface area contributed by atoms with E-state index in [4.69, 9.17) is 14.6 Å². The predicted octanol–water partition coefficient (Wildman–Crippen LogP) is 2.24. The van der Waals surface area contributed by atoms with Crippen LogP contribution in [0.1, 0.15) is 40.0 Å². The molecule has 1 atom stereocenters. The van der Waals surface area contributed by atoms with Crippen molar-refractivity contribution in [2.75, 3.05) is 26.3 Å². The van der Waals surface area contributed by atoms with E-state index >= 15 is 0 Å². The van der Waals surface area contributed by atoms with Crippen LogP contribution in [-0.4, -0.2) is 40.9 Å². The average Bonchev–Trinajstić information content (AvgIpc) is 2.29. The van der Waals surface area contributed by atoms with Crippen molar-refractivity contribution in [1.82, 2.24) is 5.32 Å². The molecule has 18 heavy (non-hydrogen) atoms. The summed E-state index contributed by atoms with van der Waals surface area (Å²) in [4.78, 5) is 0. The van der Waals surface area contributed by atoms with Crippen molar-refractivity contribution in [2.24, 2.45) is 5.73 Å². The topological polar surface area (TPSA) is 56.5 Å². The first-order chi connectivity index (χ1) is 8.58. The molecule has 0 aromatic carbocycles. The van der Waals surface area contributed by atoms with E-state index in [-0.39, 0.29) is 6.04 Å². The minimum Gasteiger partial charge on any atom is -0.395 e. The first kappa shape index (κ1) is 18.1. The lowest BCUT2D eigenvalue weighted by atomic mass is 10.2. The van der Waals surface area contributed by atoms with Gasteiger partial charge in [0.2, 0.25) is 0 Å². The molecule has 0 aliphatic rings. The van der Waals surface area contributed by atoms with Crippen LogP contribution in [0.2, 0.25) is 12.6 Å². The maximum Gasteiger partial charge on any atom is 0.334 e. The Balaban J connectivity index is 3.66. The molecule has 0 aliphatic heterocycles. The Bertz CT molecular complexity index is 188. The van der Waals surface area contributed by atoms with Crippen molar-refractivity contribution < 1.29 is 8.85 Å². The third-order valence-electron chi connectivity index (χ3n) is 2.95. The van der Waals surface area contributed by atoms with Crippen LogP contribution < -0.4 is 11.1 Å². The van der Waals surface area contributed by atoms with Gasteiger partial charge in [0.1, 0.15) is 0 Å². The molecule has 0 rings (SSSR count). The summed E-state index contributed by atoms with van der Waals surface area (Å²) in [7, 11) is -1.91. The number of hydrogen-bond donors (Lipinski definition) is 2. The van der Waals surface area contributed by atoms with Crippen molar-refractivity contribution in [3.05, 3.63) is 0 Å². The van der Waals surface area contributed by atoms with Gasteiger partial charge in [0.15, 0.2) is 0 Å². The number of hydrogen-bond acceptors (Lipinski definition) is 4. The average molecular weight is 276 g/mol. The van der Waals surface area contributed by atoms with E-state index in [1.807, 2.05) is 13.8 Å². The molecule has 0 aromatic rings. The van der Waals surface area contributed by atoms with E-state index in [2.05, 4.69) is 18.8 Å². The zero-order valence-electron chi connectivity index (χ0n) is 12.6. The normalized spacial score (nSPS) is 13.8. The fourth-order valence-corrected chi connectivity index (χ4v) is 4.50. The third-order valence-corrected chi connectivity index (χ3v) is 6.01. The van der Waals surface area contributed by atoms with Crippen LogP contribution in [0.4, 0.5) is 0 Å². The van der Waals surface area contributed by atoms with Crippen molar-refractivity contribution in [1.29, 1.82) is 0 Å². The Morgan fingerprint density at radius 3 is 2.28 bits per heavy atom. The Labute approximate surface area is 114 Å². The standard InChI is InChI=1S/C13H32N2O2Si/c1-5-9-13(14)12-15-10-8-11-18(4,16-6-2)17-7-3/h13,15H,5-12,14H2,1-4H3. The molecule has 1 unspecified atom stereocenters. The van der Waals surface area contributed by atoms with Gasteiger partial charge in [-0.15, -0.1) is 0 Å². The lowest BCUT2D eigenvalue weighted by molar-refractivity contribution is 0.188. The highest BCUT2D eigenvalue weighted by atomic mass is 28.4. The van der Waals surface area contributed by atoms with Crippen LogP contribution in [0.25, 0.3) is 0 Å². The van der Waals surface area contributed by atoms with E-state index in [0.717, 1.165) is 51.6 Å². The molecule has 0 bridgehead atoms. The van der Waals surface area contributed by atoms with E-state index in [1.165, 1.54) is 0 Å². The van der Waals surface area contributed by atoms with Crippen LogP contribution in [0.5, 0.6) is 0 Å². The maximum atomic E-state index is 5.94. The van der Waals surface area contributed by atoms with Crippen molar-refractivity contribution in [3.8, 4) is 0 Å². The molecule has 0 saturated heterocycles. The van der Waals surface area contributed by atoms with Gasteiger partial charge in [-0.05, 0) is 45.8 Å². The molecule has 5 heteroatoms. The Hall–Kier alpha value is 0.0569. The van der Waals surface area contributed by atoms with Gasteiger partial charge >= 0.3 is 8.56 Å². The summed E-state index contributed by atoms with van der Waals surface area (Å²) < 4.78 is 11.6. The van der Waals surface area contributed by atoms with Gasteiger partial charge in [-0.1, -0.05) is 13.3 Å². The van der Waals surface area contributed by atoms with E-state index in [1.54, 1.807) is 0 Å². The molecule has 110 valence electrons. The van der Waals surface area contributed by atoms with Crippen LogP contribution in [-0.2, 0) is 8.85 Å². The minimum absolute atomic E-state index is 0.289. The Morgan fingerprint density at radius 1 is 1.17 bits per heavy atom. The second kappa shape index (κ2) is 10.9. The molecule has 0 heterocycles. The lowest BCUT2D eigenvalue weighted by Gasteiger charge is -2.26. The predicted molar refractivity (Wildman–Crippen MR) is 80.0 cm³/mol. The summed E-state index contributed by atoms with van der Waals surface area (Å²) in [5.41, 5.74) is 5.94. The molecule has 0 fully saturated rings. The van der Waals surface area contributed by atoms with Gasteiger partial charge in [-0.25, -0.2) is 0 Å². The van der Waals surface area contributed by atoms with Gasteiger partial charge in [-0.2, -0.15) is 0 Å².